The third kappa shape index (κ3) is 2.24. The van der Waals surface area contributed by atoms with Crippen LogP contribution in [0.15, 0.2) is 18.2 Å². The number of halogens is 1. The van der Waals surface area contributed by atoms with Crippen molar-refractivity contribution in [3.63, 3.8) is 0 Å². The number of nitrogens with zero attached hydrogens (tertiary/aromatic N) is 1. The van der Waals surface area contributed by atoms with E-state index in [1.807, 2.05) is 0 Å². The van der Waals surface area contributed by atoms with Crippen LogP contribution in [0.1, 0.15) is 29.9 Å². The first-order chi connectivity index (χ1) is 7.61. The van der Waals surface area contributed by atoms with Crippen LogP contribution in [0.5, 0.6) is 0 Å². The number of likely N-dealkylation sites (tertiary alicyclic amines) is 1. The van der Waals surface area contributed by atoms with Crippen molar-refractivity contribution >= 4 is 11.6 Å². The summed E-state index contributed by atoms with van der Waals surface area (Å²) in [6.07, 6.45) is 0. The van der Waals surface area contributed by atoms with Crippen LogP contribution in [0.3, 0.4) is 0 Å². The summed E-state index contributed by atoms with van der Waals surface area (Å²) in [5, 5.41) is 0.899. The molecule has 16 heavy (non-hydrogen) atoms. The van der Waals surface area contributed by atoms with Gasteiger partial charge in [-0.3, -0.25) is 0 Å². The summed E-state index contributed by atoms with van der Waals surface area (Å²) in [7, 11) is 2.13. The molecule has 1 heterocycles. The molecule has 2 nitrogen and oxygen atoms in total. The molecule has 1 atom stereocenters. The van der Waals surface area contributed by atoms with Crippen LogP contribution in [0.2, 0.25) is 5.02 Å². The monoisotopic (exact) mass is 238 g/mol. The van der Waals surface area contributed by atoms with Gasteiger partial charge in [-0.15, -0.1) is 0 Å². The summed E-state index contributed by atoms with van der Waals surface area (Å²) < 4.78 is 0. The SMILES string of the molecule is CC(CN)c1ccc(C2CN(C)C2)c(Cl)c1. The molecule has 1 unspecified atom stereocenters. The number of hydrogen-bond donors (Lipinski definition) is 1. The lowest BCUT2D eigenvalue weighted by molar-refractivity contribution is 0.190. The molecule has 2 rings (SSSR count). The fraction of sp³-hybridized carbons (Fsp3) is 0.538. The van der Waals surface area contributed by atoms with Gasteiger partial charge in [0.05, 0.1) is 0 Å². The summed E-state index contributed by atoms with van der Waals surface area (Å²) >= 11 is 6.33. The predicted molar refractivity (Wildman–Crippen MR) is 69.2 cm³/mol. The molecule has 0 aliphatic carbocycles. The lowest BCUT2D eigenvalue weighted by Gasteiger charge is -2.37. The third-order valence-corrected chi connectivity index (χ3v) is 3.78. The number of benzene rings is 1. The summed E-state index contributed by atoms with van der Waals surface area (Å²) in [4.78, 5) is 2.30. The van der Waals surface area contributed by atoms with Gasteiger partial charge < -0.3 is 10.6 Å². The van der Waals surface area contributed by atoms with Gasteiger partial charge in [0.25, 0.3) is 0 Å². The Labute approximate surface area is 102 Å². The summed E-state index contributed by atoms with van der Waals surface area (Å²) in [5.74, 6) is 0.996. The number of rotatable bonds is 3. The predicted octanol–water partition coefficient (Wildman–Crippen LogP) is 2.43. The van der Waals surface area contributed by atoms with Crippen molar-refractivity contribution < 1.29 is 0 Å². The molecule has 3 heteroatoms. The van der Waals surface area contributed by atoms with Crippen LogP contribution in [0.25, 0.3) is 0 Å². The topological polar surface area (TPSA) is 29.3 Å². The highest BCUT2D eigenvalue weighted by molar-refractivity contribution is 6.31. The van der Waals surface area contributed by atoms with Crippen molar-refractivity contribution in [2.45, 2.75) is 18.8 Å². The van der Waals surface area contributed by atoms with E-state index >= 15 is 0 Å². The lowest BCUT2D eigenvalue weighted by atomic mass is 9.90. The van der Waals surface area contributed by atoms with E-state index in [-0.39, 0.29) is 0 Å². The normalized spacial score (nSPS) is 19.5. The van der Waals surface area contributed by atoms with Crippen LogP contribution in [-0.4, -0.2) is 31.6 Å². The van der Waals surface area contributed by atoms with Crippen molar-refractivity contribution in [1.29, 1.82) is 0 Å². The second-order valence-corrected chi connectivity index (χ2v) is 5.24. The first kappa shape index (κ1) is 11.9. The van der Waals surface area contributed by atoms with Crippen LogP contribution in [0.4, 0.5) is 0 Å². The van der Waals surface area contributed by atoms with E-state index in [0.29, 0.717) is 18.4 Å². The Balaban J connectivity index is 2.17. The van der Waals surface area contributed by atoms with Gasteiger partial charge in [-0.1, -0.05) is 30.7 Å². The minimum Gasteiger partial charge on any atom is -0.330 e. The van der Waals surface area contributed by atoms with Crippen molar-refractivity contribution in [1.82, 2.24) is 4.90 Å². The van der Waals surface area contributed by atoms with Crippen molar-refractivity contribution in [3.05, 3.63) is 34.3 Å². The highest BCUT2D eigenvalue weighted by atomic mass is 35.5. The first-order valence-electron chi connectivity index (χ1n) is 5.79. The van der Waals surface area contributed by atoms with E-state index in [0.717, 1.165) is 18.1 Å². The molecule has 1 fully saturated rings. The maximum atomic E-state index is 6.33. The maximum absolute atomic E-state index is 6.33. The van der Waals surface area contributed by atoms with Crippen molar-refractivity contribution in [2.24, 2.45) is 5.73 Å². The first-order valence-corrected chi connectivity index (χ1v) is 6.17. The molecule has 0 amide bonds. The number of hydrogen-bond acceptors (Lipinski definition) is 2. The van der Waals surface area contributed by atoms with E-state index in [4.69, 9.17) is 17.3 Å². The van der Waals surface area contributed by atoms with Gasteiger partial charge in [0.1, 0.15) is 0 Å². The van der Waals surface area contributed by atoms with Crippen LogP contribution in [0, 0.1) is 0 Å². The average molecular weight is 239 g/mol. The lowest BCUT2D eigenvalue weighted by Crippen LogP contribution is -2.41. The molecule has 88 valence electrons. The molecule has 1 aromatic rings. The fourth-order valence-electron chi connectivity index (χ4n) is 2.21. The van der Waals surface area contributed by atoms with Gasteiger partial charge in [-0.05, 0) is 36.7 Å². The minimum atomic E-state index is 0.385. The molecule has 0 spiro atoms. The smallest absolute Gasteiger partial charge is 0.0444 e. The molecule has 2 N–H and O–H groups in total. The number of nitrogens with two attached hydrogens (primary N) is 1. The van der Waals surface area contributed by atoms with E-state index in [1.165, 1.54) is 11.1 Å². The summed E-state index contributed by atoms with van der Waals surface area (Å²) in [6.45, 7) is 5.03. The fourth-order valence-corrected chi connectivity index (χ4v) is 2.56. The minimum absolute atomic E-state index is 0.385. The standard InChI is InChI=1S/C13H19ClN2/c1-9(6-15)10-3-4-12(13(14)5-10)11-7-16(2)8-11/h3-5,9,11H,6-8,15H2,1-2H3. The number of likely N-dealkylation sites (N-methyl/N-ethyl adjacent to an activating group) is 1. The summed E-state index contributed by atoms with van der Waals surface area (Å²) in [5.41, 5.74) is 8.18. The van der Waals surface area contributed by atoms with Crippen LogP contribution in [-0.2, 0) is 0 Å². The molecule has 0 radical (unpaired) electrons. The Morgan fingerprint density at radius 2 is 2.19 bits per heavy atom. The zero-order chi connectivity index (χ0) is 11.7. The van der Waals surface area contributed by atoms with E-state index < -0.39 is 0 Å². The van der Waals surface area contributed by atoms with Crippen LogP contribution < -0.4 is 5.73 Å². The molecular formula is C13H19ClN2. The second kappa shape index (κ2) is 4.74. The van der Waals surface area contributed by atoms with Gasteiger partial charge in [0, 0.05) is 24.0 Å². The molecular weight excluding hydrogens is 220 g/mol. The van der Waals surface area contributed by atoms with Gasteiger partial charge >= 0.3 is 0 Å². The van der Waals surface area contributed by atoms with Crippen molar-refractivity contribution in [2.75, 3.05) is 26.7 Å². The zero-order valence-corrected chi connectivity index (χ0v) is 10.7. The van der Waals surface area contributed by atoms with Gasteiger partial charge in [0.15, 0.2) is 0 Å². The van der Waals surface area contributed by atoms with Crippen LogP contribution >= 0.6 is 11.6 Å². The molecule has 1 aliphatic heterocycles. The second-order valence-electron chi connectivity index (χ2n) is 4.84. The van der Waals surface area contributed by atoms with Gasteiger partial charge in [0.2, 0.25) is 0 Å². The Morgan fingerprint density at radius 1 is 1.50 bits per heavy atom. The highest BCUT2D eigenvalue weighted by Crippen LogP contribution is 2.32. The molecule has 1 aliphatic rings. The van der Waals surface area contributed by atoms with Crippen molar-refractivity contribution in [3.8, 4) is 0 Å². The maximum Gasteiger partial charge on any atom is 0.0444 e. The highest BCUT2D eigenvalue weighted by Gasteiger charge is 2.26. The summed E-state index contributed by atoms with van der Waals surface area (Å²) in [6, 6.07) is 6.41. The van der Waals surface area contributed by atoms with E-state index in [1.54, 1.807) is 0 Å². The molecule has 0 bridgehead atoms. The Morgan fingerprint density at radius 3 is 2.69 bits per heavy atom. The Hall–Kier alpha value is -0.570. The molecule has 0 aromatic heterocycles. The largest absolute Gasteiger partial charge is 0.330 e. The molecule has 0 saturated carbocycles. The third-order valence-electron chi connectivity index (χ3n) is 3.45. The average Bonchev–Trinajstić information content (AvgIpc) is 2.24. The Bertz CT molecular complexity index is 372. The zero-order valence-electron chi connectivity index (χ0n) is 9.91. The Kier molecular flexibility index (Phi) is 3.53. The molecule has 1 aromatic carbocycles. The molecule has 1 saturated heterocycles. The van der Waals surface area contributed by atoms with E-state index in [2.05, 4.69) is 37.1 Å². The van der Waals surface area contributed by atoms with Gasteiger partial charge in [-0.25, -0.2) is 0 Å². The van der Waals surface area contributed by atoms with Gasteiger partial charge in [-0.2, -0.15) is 0 Å². The van der Waals surface area contributed by atoms with E-state index in [9.17, 15) is 0 Å². The quantitative estimate of drug-likeness (QED) is 0.877.